The first-order valence-electron chi connectivity index (χ1n) is 4.73. The number of Topliss-reactive ketones (excluding diaryl/α,β-unsaturated/α-hetero) is 1. The van der Waals surface area contributed by atoms with Crippen LogP contribution in [0.5, 0.6) is 0 Å². The van der Waals surface area contributed by atoms with Crippen LogP contribution < -0.4 is 5.73 Å². The van der Waals surface area contributed by atoms with Crippen molar-refractivity contribution < 1.29 is 13.6 Å². The second-order valence-corrected chi connectivity index (χ2v) is 4.07. The highest BCUT2D eigenvalue weighted by Crippen LogP contribution is 2.36. The Morgan fingerprint density at radius 1 is 1.33 bits per heavy atom. The fraction of sp³-hybridized carbons (Fsp3) is 0.364. The summed E-state index contributed by atoms with van der Waals surface area (Å²) in [6, 6.07) is 1.95. The highest BCUT2D eigenvalue weighted by Gasteiger charge is 2.46. The smallest absolute Gasteiger partial charge is 0.185 e. The third-order valence-electron chi connectivity index (χ3n) is 2.73. The van der Waals surface area contributed by atoms with Gasteiger partial charge in [-0.15, -0.1) is 0 Å². The molecule has 0 aromatic heterocycles. The molecule has 4 heteroatoms. The Morgan fingerprint density at radius 2 is 1.93 bits per heavy atom. The lowest BCUT2D eigenvalue weighted by molar-refractivity contribution is 0.0945. The number of hydrogen-bond donors (Lipinski definition) is 1. The summed E-state index contributed by atoms with van der Waals surface area (Å²) in [5, 5.41) is 0. The van der Waals surface area contributed by atoms with Gasteiger partial charge in [-0.25, -0.2) is 8.78 Å². The maximum absolute atomic E-state index is 13.3. The molecule has 1 fully saturated rings. The molecule has 0 amide bonds. The molecule has 0 spiro atoms. The molecule has 0 radical (unpaired) electrons. The first-order chi connectivity index (χ1) is 6.94. The molecule has 1 aliphatic rings. The minimum Gasteiger partial charge on any atom is -0.319 e. The van der Waals surface area contributed by atoms with Crippen molar-refractivity contribution >= 4 is 5.78 Å². The average molecular weight is 211 g/mol. The van der Waals surface area contributed by atoms with E-state index in [1.807, 2.05) is 0 Å². The molecule has 0 saturated heterocycles. The third-order valence-corrected chi connectivity index (χ3v) is 2.73. The second-order valence-electron chi connectivity index (χ2n) is 4.07. The summed E-state index contributed by atoms with van der Waals surface area (Å²) in [6.45, 7) is 1.49. The molecular formula is C11H11F2NO. The van der Waals surface area contributed by atoms with Gasteiger partial charge in [0.25, 0.3) is 0 Å². The maximum Gasteiger partial charge on any atom is 0.185 e. The summed E-state index contributed by atoms with van der Waals surface area (Å²) in [6.07, 6.45) is 1.14. The lowest BCUT2D eigenvalue weighted by Gasteiger charge is -2.09. The van der Waals surface area contributed by atoms with E-state index in [1.165, 1.54) is 13.0 Å². The number of carbonyl (C=O) groups is 1. The topological polar surface area (TPSA) is 43.1 Å². The van der Waals surface area contributed by atoms with Gasteiger partial charge in [0.15, 0.2) is 5.78 Å². The molecule has 1 aromatic rings. The van der Waals surface area contributed by atoms with Crippen LogP contribution in [-0.4, -0.2) is 11.3 Å². The van der Waals surface area contributed by atoms with Crippen molar-refractivity contribution in [3.05, 3.63) is 34.9 Å². The van der Waals surface area contributed by atoms with Gasteiger partial charge >= 0.3 is 0 Å². The third kappa shape index (κ3) is 1.65. The Labute approximate surface area is 86.1 Å². The van der Waals surface area contributed by atoms with E-state index in [2.05, 4.69) is 0 Å². The van der Waals surface area contributed by atoms with Crippen LogP contribution in [0.1, 0.15) is 28.8 Å². The first kappa shape index (κ1) is 10.2. The largest absolute Gasteiger partial charge is 0.319 e. The fourth-order valence-electron chi connectivity index (χ4n) is 1.46. The molecule has 15 heavy (non-hydrogen) atoms. The van der Waals surface area contributed by atoms with Gasteiger partial charge in [-0.1, -0.05) is 0 Å². The molecule has 2 N–H and O–H groups in total. The quantitative estimate of drug-likeness (QED) is 0.760. The van der Waals surface area contributed by atoms with Gasteiger partial charge in [-0.3, -0.25) is 4.79 Å². The minimum absolute atomic E-state index is 0.103. The van der Waals surface area contributed by atoms with Crippen molar-refractivity contribution in [2.24, 2.45) is 5.73 Å². The molecule has 1 aliphatic carbocycles. The lowest BCUT2D eigenvalue weighted by atomic mass is 10.0. The van der Waals surface area contributed by atoms with E-state index in [-0.39, 0.29) is 11.1 Å². The highest BCUT2D eigenvalue weighted by molar-refractivity contribution is 6.05. The van der Waals surface area contributed by atoms with Crippen molar-refractivity contribution in [2.75, 3.05) is 0 Å². The molecule has 2 rings (SSSR count). The molecule has 0 heterocycles. The van der Waals surface area contributed by atoms with Crippen LogP contribution in [0.25, 0.3) is 0 Å². The number of hydrogen-bond acceptors (Lipinski definition) is 2. The normalized spacial score (nSPS) is 17.6. The van der Waals surface area contributed by atoms with Gasteiger partial charge in [0.1, 0.15) is 11.6 Å². The predicted molar refractivity (Wildman–Crippen MR) is 51.6 cm³/mol. The fourth-order valence-corrected chi connectivity index (χ4v) is 1.46. The average Bonchev–Trinajstić information content (AvgIpc) is 2.90. The SMILES string of the molecule is Cc1cc(C(=O)C2(N)CC2)c(F)cc1F. The van der Waals surface area contributed by atoms with E-state index in [1.54, 1.807) is 0 Å². The van der Waals surface area contributed by atoms with Crippen molar-refractivity contribution in [2.45, 2.75) is 25.3 Å². The summed E-state index contributed by atoms with van der Waals surface area (Å²) in [5.74, 6) is -1.91. The van der Waals surface area contributed by atoms with Crippen LogP contribution in [-0.2, 0) is 0 Å². The molecular weight excluding hydrogens is 200 g/mol. The number of aryl methyl sites for hydroxylation is 1. The summed E-state index contributed by atoms with van der Waals surface area (Å²) in [4.78, 5) is 11.7. The van der Waals surface area contributed by atoms with E-state index in [0.717, 1.165) is 6.07 Å². The number of nitrogens with two attached hydrogens (primary N) is 1. The number of ketones is 1. The molecule has 0 bridgehead atoms. The van der Waals surface area contributed by atoms with E-state index >= 15 is 0 Å². The van der Waals surface area contributed by atoms with Crippen LogP contribution in [0.3, 0.4) is 0 Å². The van der Waals surface area contributed by atoms with Crippen molar-refractivity contribution in [1.82, 2.24) is 0 Å². The van der Waals surface area contributed by atoms with Crippen molar-refractivity contribution in [1.29, 1.82) is 0 Å². The minimum atomic E-state index is -0.912. The van der Waals surface area contributed by atoms with Crippen LogP contribution in [0.2, 0.25) is 0 Å². The van der Waals surface area contributed by atoms with Crippen LogP contribution in [0.4, 0.5) is 8.78 Å². The summed E-state index contributed by atoms with van der Waals surface area (Å²) in [7, 11) is 0. The summed E-state index contributed by atoms with van der Waals surface area (Å²) >= 11 is 0. The maximum atomic E-state index is 13.3. The van der Waals surface area contributed by atoms with Crippen LogP contribution in [0, 0.1) is 18.6 Å². The zero-order chi connectivity index (χ0) is 11.2. The molecule has 80 valence electrons. The first-order valence-corrected chi connectivity index (χ1v) is 4.73. The lowest BCUT2D eigenvalue weighted by Crippen LogP contribution is -2.33. The monoisotopic (exact) mass is 211 g/mol. The summed E-state index contributed by atoms with van der Waals surface area (Å²) in [5.41, 5.74) is 4.91. The molecule has 1 saturated carbocycles. The van der Waals surface area contributed by atoms with Crippen molar-refractivity contribution in [3.8, 4) is 0 Å². The van der Waals surface area contributed by atoms with Gasteiger partial charge in [-0.2, -0.15) is 0 Å². The highest BCUT2D eigenvalue weighted by atomic mass is 19.1. The second kappa shape index (κ2) is 3.10. The van der Waals surface area contributed by atoms with Crippen molar-refractivity contribution in [3.63, 3.8) is 0 Å². The Bertz CT molecular complexity index is 438. The zero-order valence-electron chi connectivity index (χ0n) is 8.31. The van der Waals surface area contributed by atoms with Crippen LogP contribution >= 0.6 is 0 Å². The van der Waals surface area contributed by atoms with E-state index in [9.17, 15) is 13.6 Å². The number of carbonyl (C=O) groups excluding carboxylic acids is 1. The molecule has 0 unspecified atom stereocenters. The number of benzene rings is 1. The van der Waals surface area contributed by atoms with Gasteiger partial charge in [0.2, 0.25) is 0 Å². The zero-order valence-corrected chi connectivity index (χ0v) is 8.31. The predicted octanol–water partition coefficient (Wildman–Crippen LogP) is 1.95. The molecule has 0 aliphatic heterocycles. The Hall–Kier alpha value is -1.29. The number of rotatable bonds is 2. The Balaban J connectivity index is 2.44. The van der Waals surface area contributed by atoms with E-state index in [4.69, 9.17) is 5.73 Å². The number of halogens is 2. The molecule has 2 nitrogen and oxygen atoms in total. The van der Waals surface area contributed by atoms with Gasteiger partial charge in [0.05, 0.1) is 11.1 Å². The van der Waals surface area contributed by atoms with E-state index in [0.29, 0.717) is 12.8 Å². The standard InChI is InChI=1S/C11H11F2NO/c1-6-4-7(9(13)5-8(6)12)10(15)11(14)2-3-11/h4-5H,2-3,14H2,1H3. The Kier molecular flexibility index (Phi) is 2.12. The molecule has 1 aromatic carbocycles. The molecule has 0 atom stereocenters. The van der Waals surface area contributed by atoms with Crippen LogP contribution in [0.15, 0.2) is 12.1 Å². The van der Waals surface area contributed by atoms with Gasteiger partial charge < -0.3 is 5.73 Å². The van der Waals surface area contributed by atoms with Gasteiger partial charge in [-0.05, 0) is 31.4 Å². The van der Waals surface area contributed by atoms with Gasteiger partial charge in [0, 0.05) is 6.07 Å². The summed E-state index contributed by atoms with van der Waals surface area (Å²) < 4.78 is 26.3. The Morgan fingerprint density at radius 3 is 2.47 bits per heavy atom. The van der Waals surface area contributed by atoms with E-state index < -0.39 is 23.0 Å².